The molecule has 0 aromatic carbocycles. The fourth-order valence-electron chi connectivity index (χ4n) is 7.58. The van der Waals surface area contributed by atoms with E-state index in [2.05, 4.69) is 23.5 Å². The molecule has 1 N–H and O–H groups in total. The fourth-order valence-corrected chi connectivity index (χ4v) is 7.58. The second-order valence-electron chi connectivity index (χ2n) is 10.7. The number of fused-ring (bicyclic) bond motifs is 5. The van der Waals surface area contributed by atoms with Crippen LogP contribution in [-0.2, 0) is 19.2 Å². The minimum atomic E-state index is -0.205. The molecule has 5 rings (SSSR count). The number of ketones is 1. The summed E-state index contributed by atoms with van der Waals surface area (Å²) in [5.74, 6) is 1.80. The molecule has 4 aliphatic carbocycles. The molecule has 0 aromatic rings. The van der Waals surface area contributed by atoms with Crippen molar-refractivity contribution < 1.29 is 19.2 Å². The van der Waals surface area contributed by atoms with Gasteiger partial charge in [0.25, 0.3) is 0 Å². The predicted molar refractivity (Wildman–Crippen MR) is 117 cm³/mol. The normalized spacial score (nSPS) is 43.1. The van der Waals surface area contributed by atoms with Crippen molar-refractivity contribution in [3.05, 3.63) is 11.6 Å². The summed E-state index contributed by atoms with van der Waals surface area (Å²) < 4.78 is 5.70. The Morgan fingerprint density at radius 2 is 2.03 bits per heavy atom. The molecule has 1 aliphatic heterocycles. The molecular formula is C25H36N2O4. The van der Waals surface area contributed by atoms with E-state index in [4.69, 9.17) is 9.57 Å². The predicted octanol–water partition coefficient (Wildman–Crippen LogP) is 3.80. The quantitative estimate of drug-likeness (QED) is 0.544. The number of allylic oxidation sites excluding steroid dienone is 1. The first-order valence-electron chi connectivity index (χ1n) is 12.2. The molecule has 6 nitrogen and oxygen atoms in total. The van der Waals surface area contributed by atoms with Crippen molar-refractivity contribution >= 4 is 17.5 Å². The first kappa shape index (κ1) is 21.2. The van der Waals surface area contributed by atoms with Crippen LogP contribution in [0.2, 0.25) is 0 Å². The van der Waals surface area contributed by atoms with Gasteiger partial charge in [-0.3, -0.25) is 9.59 Å². The number of carbonyl (C=O) groups excluding carboxylic acids is 2. The van der Waals surface area contributed by atoms with E-state index in [-0.39, 0.29) is 22.9 Å². The Kier molecular flexibility index (Phi) is 5.48. The summed E-state index contributed by atoms with van der Waals surface area (Å²) in [5, 5.41) is 7.82. The number of hydrogen-bond acceptors (Lipinski definition) is 6. The van der Waals surface area contributed by atoms with Crippen LogP contribution in [0.5, 0.6) is 0 Å². The molecule has 5 aliphatic rings. The van der Waals surface area contributed by atoms with E-state index in [0.717, 1.165) is 76.6 Å². The lowest BCUT2D eigenvalue weighted by Gasteiger charge is -2.57. The first-order chi connectivity index (χ1) is 14.9. The van der Waals surface area contributed by atoms with Crippen LogP contribution in [0.25, 0.3) is 0 Å². The van der Waals surface area contributed by atoms with Gasteiger partial charge in [0.15, 0.2) is 0 Å². The van der Waals surface area contributed by atoms with Gasteiger partial charge in [0.2, 0.25) is 0 Å². The summed E-state index contributed by atoms with van der Waals surface area (Å²) >= 11 is 0. The van der Waals surface area contributed by atoms with Crippen molar-refractivity contribution in [3.63, 3.8) is 0 Å². The SMILES string of the molecule is CC(=O)OCC12CCC(=NOC3CCNC3)C=C1CCC1C3CCC(=O)C3(C)CCC12. The van der Waals surface area contributed by atoms with Gasteiger partial charge in [0.1, 0.15) is 18.5 Å². The van der Waals surface area contributed by atoms with E-state index < -0.39 is 0 Å². The van der Waals surface area contributed by atoms with Crippen LogP contribution in [0.1, 0.15) is 71.6 Å². The Labute approximate surface area is 185 Å². The van der Waals surface area contributed by atoms with Crippen LogP contribution >= 0.6 is 0 Å². The van der Waals surface area contributed by atoms with Crippen LogP contribution in [0.15, 0.2) is 16.8 Å². The highest BCUT2D eigenvalue weighted by molar-refractivity contribution is 5.96. The van der Waals surface area contributed by atoms with E-state index in [1.807, 2.05) is 0 Å². The molecule has 0 spiro atoms. The monoisotopic (exact) mass is 428 g/mol. The summed E-state index contributed by atoms with van der Waals surface area (Å²) in [4.78, 5) is 30.3. The van der Waals surface area contributed by atoms with Gasteiger partial charge in [-0.15, -0.1) is 0 Å². The van der Waals surface area contributed by atoms with Gasteiger partial charge >= 0.3 is 5.97 Å². The molecule has 0 aromatic heterocycles. The number of ether oxygens (including phenoxy) is 1. The highest BCUT2D eigenvalue weighted by Gasteiger charge is 2.60. The number of rotatable bonds is 4. The zero-order valence-electron chi connectivity index (χ0n) is 19.0. The maximum absolute atomic E-state index is 12.7. The lowest BCUT2D eigenvalue weighted by molar-refractivity contribution is -0.149. The van der Waals surface area contributed by atoms with Crippen LogP contribution in [-0.4, -0.2) is 43.3 Å². The Morgan fingerprint density at radius 1 is 1.16 bits per heavy atom. The Hall–Kier alpha value is -1.69. The molecule has 0 bridgehead atoms. The lowest BCUT2D eigenvalue weighted by atomic mass is 9.47. The molecule has 6 atom stereocenters. The van der Waals surface area contributed by atoms with Crippen molar-refractivity contribution in [1.29, 1.82) is 0 Å². The molecule has 6 unspecified atom stereocenters. The number of hydrogen-bond donors (Lipinski definition) is 1. The first-order valence-corrected chi connectivity index (χ1v) is 12.2. The number of oxime groups is 1. The van der Waals surface area contributed by atoms with E-state index >= 15 is 0 Å². The minimum absolute atomic E-state index is 0.102. The molecule has 1 saturated heterocycles. The zero-order valence-corrected chi connectivity index (χ0v) is 19.0. The Bertz CT molecular complexity index is 814. The van der Waals surface area contributed by atoms with E-state index in [1.165, 1.54) is 12.5 Å². The largest absolute Gasteiger partial charge is 0.465 e. The molecule has 6 heteroatoms. The lowest BCUT2D eigenvalue weighted by Crippen LogP contribution is -2.53. The van der Waals surface area contributed by atoms with E-state index in [1.54, 1.807) is 0 Å². The van der Waals surface area contributed by atoms with Gasteiger partial charge in [-0.1, -0.05) is 17.7 Å². The third-order valence-corrected chi connectivity index (χ3v) is 9.28. The topological polar surface area (TPSA) is 77.0 Å². The summed E-state index contributed by atoms with van der Waals surface area (Å²) in [5.41, 5.74) is 2.18. The summed E-state index contributed by atoms with van der Waals surface area (Å²) in [6.07, 6.45) is 11.2. The number of esters is 1. The van der Waals surface area contributed by atoms with Gasteiger partial charge < -0.3 is 14.9 Å². The van der Waals surface area contributed by atoms with Gasteiger partial charge in [-0.25, -0.2) is 0 Å². The van der Waals surface area contributed by atoms with Gasteiger partial charge in [-0.2, -0.15) is 0 Å². The maximum atomic E-state index is 12.7. The van der Waals surface area contributed by atoms with Gasteiger partial charge in [-0.05, 0) is 75.3 Å². The van der Waals surface area contributed by atoms with Crippen molar-refractivity contribution in [2.45, 2.75) is 77.7 Å². The smallest absolute Gasteiger partial charge is 0.302 e. The van der Waals surface area contributed by atoms with Crippen molar-refractivity contribution in [3.8, 4) is 0 Å². The van der Waals surface area contributed by atoms with Crippen molar-refractivity contribution in [2.24, 2.45) is 33.7 Å². The Morgan fingerprint density at radius 3 is 2.81 bits per heavy atom. The highest BCUT2D eigenvalue weighted by atomic mass is 16.6. The molecular weight excluding hydrogens is 392 g/mol. The molecule has 0 radical (unpaired) electrons. The highest BCUT2D eigenvalue weighted by Crippen LogP contribution is 2.64. The fraction of sp³-hybridized carbons (Fsp3) is 0.800. The second-order valence-corrected chi connectivity index (χ2v) is 10.7. The summed E-state index contributed by atoms with van der Waals surface area (Å²) in [6.45, 7) is 6.05. The Balaban J connectivity index is 1.42. The second kappa shape index (κ2) is 8.02. The number of nitrogens with zero attached hydrogens (tertiary/aromatic N) is 1. The van der Waals surface area contributed by atoms with Crippen LogP contribution in [0.3, 0.4) is 0 Å². The standard InChI is InChI=1S/C25H36N2O4/c1-16(28)30-15-25-11-7-18(27-31-19-9-12-26-14-19)13-17(25)3-4-20-21-5-6-23(29)24(21,2)10-8-22(20)25/h13,19-22,26H,3-12,14-15H2,1-2H3. The third-order valence-electron chi connectivity index (χ3n) is 9.28. The third kappa shape index (κ3) is 3.55. The van der Waals surface area contributed by atoms with Crippen LogP contribution in [0.4, 0.5) is 0 Å². The molecule has 1 heterocycles. The van der Waals surface area contributed by atoms with Gasteiger partial charge in [0, 0.05) is 37.1 Å². The number of nitrogens with one attached hydrogen (secondary N) is 1. The van der Waals surface area contributed by atoms with Crippen LogP contribution in [0, 0.1) is 28.6 Å². The molecule has 31 heavy (non-hydrogen) atoms. The van der Waals surface area contributed by atoms with Crippen molar-refractivity contribution in [1.82, 2.24) is 5.32 Å². The zero-order chi connectivity index (χ0) is 21.6. The average Bonchev–Trinajstić information content (AvgIpc) is 3.38. The molecule has 170 valence electrons. The number of carbonyl (C=O) groups is 2. The van der Waals surface area contributed by atoms with E-state index in [0.29, 0.717) is 30.1 Å². The molecule has 4 fully saturated rings. The minimum Gasteiger partial charge on any atom is -0.465 e. The maximum Gasteiger partial charge on any atom is 0.302 e. The summed E-state index contributed by atoms with van der Waals surface area (Å²) in [6, 6.07) is 0. The average molecular weight is 429 g/mol. The van der Waals surface area contributed by atoms with Gasteiger partial charge in [0.05, 0.1) is 5.71 Å². The van der Waals surface area contributed by atoms with Crippen LogP contribution < -0.4 is 5.32 Å². The molecule has 0 amide bonds. The van der Waals surface area contributed by atoms with Crippen molar-refractivity contribution in [2.75, 3.05) is 19.7 Å². The number of Topliss-reactive ketones (excluding diaryl/α,β-unsaturated/α-hetero) is 1. The molecule has 3 saturated carbocycles. The van der Waals surface area contributed by atoms with E-state index in [9.17, 15) is 9.59 Å². The summed E-state index contributed by atoms with van der Waals surface area (Å²) in [7, 11) is 0.